The van der Waals surface area contributed by atoms with E-state index in [9.17, 15) is 8.78 Å². The molecule has 2 fully saturated rings. The summed E-state index contributed by atoms with van der Waals surface area (Å²) >= 11 is 0. The van der Waals surface area contributed by atoms with Crippen LogP contribution in [-0.4, -0.2) is 9.97 Å². The molecular formula is C25H30F2N2. The molecule has 0 amide bonds. The van der Waals surface area contributed by atoms with Gasteiger partial charge in [-0.2, -0.15) is 0 Å². The number of hydrogen-bond donors (Lipinski definition) is 0. The van der Waals surface area contributed by atoms with E-state index in [2.05, 4.69) is 29.0 Å². The molecule has 0 unspecified atom stereocenters. The Morgan fingerprint density at radius 3 is 2.03 bits per heavy atom. The Kier molecular flexibility index (Phi) is 6.37. The largest absolute Gasteiger partial charge is 0.236 e. The molecule has 0 aliphatic heterocycles. The van der Waals surface area contributed by atoms with Crippen molar-refractivity contribution in [2.24, 2.45) is 17.8 Å². The first-order valence-corrected chi connectivity index (χ1v) is 11.0. The molecule has 154 valence electrons. The molecule has 0 saturated heterocycles. The zero-order chi connectivity index (χ0) is 20.2. The molecule has 2 nitrogen and oxygen atoms in total. The van der Waals surface area contributed by atoms with Crippen LogP contribution < -0.4 is 0 Å². The van der Waals surface area contributed by atoms with E-state index < -0.39 is 11.6 Å². The Hall–Kier alpha value is -2.10. The van der Waals surface area contributed by atoms with Crippen molar-refractivity contribution in [2.45, 2.75) is 64.2 Å². The lowest BCUT2D eigenvalue weighted by Crippen LogP contribution is -2.25. The maximum atomic E-state index is 13.5. The van der Waals surface area contributed by atoms with E-state index in [0.717, 1.165) is 29.9 Å². The summed E-state index contributed by atoms with van der Waals surface area (Å²) in [5.41, 5.74) is 1.68. The second kappa shape index (κ2) is 9.15. The standard InChI is InChI=1S/C25H30F2N2/c1-2-3-17-4-6-18(7-5-17)19-8-10-20(11-9-19)22-15-28-25(29-16-22)21-12-13-23(26)24(27)14-21/h2-3,12-20H,4-11H2,1H3/b3-2+/t17-,18-,19?,20?. The number of halogens is 2. The van der Waals surface area contributed by atoms with Crippen molar-refractivity contribution in [3.63, 3.8) is 0 Å². The van der Waals surface area contributed by atoms with Crippen molar-refractivity contribution in [1.29, 1.82) is 0 Å². The minimum atomic E-state index is -0.867. The number of rotatable bonds is 4. The smallest absolute Gasteiger partial charge is 0.159 e. The van der Waals surface area contributed by atoms with E-state index >= 15 is 0 Å². The SMILES string of the molecule is C/C=C/[C@H]1CC[C@H](C2CCC(c3cnc(-c4ccc(F)c(F)c4)nc3)CC2)CC1. The van der Waals surface area contributed by atoms with E-state index in [-0.39, 0.29) is 0 Å². The van der Waals surface area contributed by atoms with Crippen molar-refractivity contribution >= 4 is 0 Å². The van der Waals surface area contributed by atoms with Crippen molar-refractivity contribution in [3.8, 4) is 11.4 Å². The van der Waals surface area contributed by atoms with Crippen LogP contribution in [0, 0.1) is 29.4 Å². The van der Waals surface area contributed by atoms with Crippen LogP contribution in [-0.2, 0) is 0 Å². The molecule has 0 spiro atoms. The van der Waals surface area contributed by atoms with E-state index in [1.807, 2.05) is 12.4 Å². The lowest BCUT2D eigenvalue weighted by atomic mass is 9.68. The fraction of sp³-hybridized carbons (Fsp3) is 0.520. The summed E-state index contributed by atoms with van der Waals surface area (Å²) in [6, 6.07) is 3.79. The minimum Gasteiger partial charge on any atom is -0.236 e. The quantitative estimate of drug-likeness (QED) is 0.516. The fourth-order valence-corrected chi connectivity index (χ4v) is 5.34. The van der Waals surface area contributed by atoms with Crippen molar-refractivity contribution in [1.82, 2.24) is 9.97 Å². The highest BCUT2D eigenvalue weighted by atomic mass is 19.2. The van der Waals surface area contributed by atoms with Gasteiger partial charge in [-0.1, -0.05) is 12.2 Å². The average molecular weight is 397 g/mol. The van der Waals surface area contributed by atoms with Crippen LogP contribution in [0.15, 0.2) is 42.7 Å². The Morgan fingerprint density at radius 2 is 1.45 bits per heavy atom. The summed E-state index contributed by atoms with van der Waals surface area (Å²) in [6.45, 7) is 2.13. The van der Waals surface area contributed by atoms with Gasteiger partial charge < -0.3 is 0 Å². The molecule has 0 atom stereocenters. The lowest BCUT2D eigenvalue weighted by Gasteiger charge is -2.37. The predicted molar refractivity (Wildman–Crippen MR) is 112 cm³/mol. The fourth-order valence-electron chi connectivity index (χ4n) is 5.34. The topological polar surface area (TPSA) is 25.8 Å². The summed E-state index contributed by atoms with van der Waals surface area (Å²) in [5.74, 6) is 1.83. The molecule has 2 saturated carbocycles. The zero-order valence-corrected chi connectivity index (χ0v) is 17.2. The van der Waals surface area contributed by atoms with Gasteiger partial charge in [-0.25, -0.2) is 18.7 Å². The van der Waals surface area contributed by atoms with Crippen LogP contribution >= 0.6 is 0 Å². The first kappa shape index (κ1) is 20.2. The normalized spacial score (nSPS) is 28.0. The van der Waals surface area contributed by atoms with Gasteiger partial charge in [0.15, 0.2) is 17.5 Å². The second-order valence-electron chi connectivity index (χ2n) is 8.78. The Balaban J connectivity index is 1.32. The Morgan fingerprint density at radius 1 is 0.828 bits per heavy atom. The molecule has 29 heavy (non-hydrogen) atoms. The summed E-state index contributed by atoms with van der Waals surface area (Å²) in [6.07, 6.45) is 18.8. The molecular weight excluding hydrogens is 366 g/mol. The molecule has 2 aliphatic carbocycles. The van der Waals surface area contributed by atoms with Crippen molar-refractivity contribution < 1.29 is 8.78 Å². The Labute approximate surface area is 172 Å². The first-order valence-electron chi connectivity index (χ1n) is 11.0. The van der Waals surface area contributed by atoms with E-state index in [0.29, 0.717) is 17.3 Å². The first-order chi connectivity index (χ1) is 14.1. The average Bonchev–Trinajstić information content (AvgIpc) is 2.77. The van der Waals surface area contributed by atoms with Gasteiger partial charge in [-0.3, -0.25) is 0 Å². The molecule has 0 radical (unpaired) electrons. The van der Waals surface area contributed by atoms with Gasteiger partial charge in [0.1, 0.15) is 0 Å². The zero-order valence-electron chi connectivity index (χ0n) is 17.2. The maximum Gasteiger partial charge on any atom is 0.159 e. The number of nitrogens with zero attached hydrogens (tertiary/aromatic N) is 2. The predicted octanol–water partition coefficient (Wildman–Crippen LogP) is 7.08. The van der Waals surface area contributed by atoms with Gasteiger partial charge in [0.2, 0.25) is 0 Å². The van der Waals surface area contributed by atoms with Gasteiger partial charge in [0.05, 0.1) is 0 Å². The van der Waals surface area contributed by atoms with Crippen LogP contribution in [0.3, 0.4) is 0 Å². The monoisotopic (exact) mass is 396 g/mol. The van der Waals surface area contributed by atoms with E-state index in [4.69, 9.17) is 0 Å². The third kappa shape index (κ3) is 4.73. The van der Waals surface area contributed by atoms with E-state index in [1.54, 1.807) is 0 Å². The third-order valence-electron chi connectivity index (χ3n) is 7.04. The van der Waals surface area contributed by atoms with Crippen LogP contribution in [0.4, 0.5) is 8.78 Å². The molecule has 4 rings (SSSR count). The second-order valence-corrected chi connectivity index (χ2v) is 8.78. The highest BCUT2D eigenvalue weighted by molar-refractivity contribution is 5.54. The van der Waals surface area contributed by atoms with Crippen molar-refractivity contribution in [2.75, 3.05) is 0 Å². The molecule has 2 aliphatic rings. The highest BCUT2D eigenvalue weighted by Crippen LogP contribution is 2.44. The molecule has 0 bridgehead atoms. The summed E-state index contributed by atoms with van der Waals surface area (Å²) < 4.78 is 26.6. The van der Waals surface area contributed by atoms with Gasteiger partial charge in [0.25, 0.3) is 0 Å². The molecule has 1 aromatic carbocycles. The van der Waals surface area contributed by atoms with Gasteiger partial charge in [-0.05, 0) is 106 Å². The van der Waals surface area contributed by atoms with Crippen LogP contribution in [0.1, 0.15) is 69.8 Å². The number of allylic oxidation sites excluding steroid dienone is 2. The summed E-state index contributed by atoms with van der Waals surface area (Å²) in [7, 11) is 0. The number of hydrogen-bond acceptors (Lipinski definition) is 2. The van der Waals surface area contributed by atoms with Gasteiger partial charge >= 0.3 is 0 Å². The van der Waals surface area contributed by atoms with Crippen LogP contribution in [0.5, 0.6) is 0 Å². The summed E-state index contributed by atoms with van der Waals surface area (Å²) in [5, 5.41) is 0. The number of benzene rings is 1. The Bertz CT molecular complexity index is 830. The number of aromatic nitrogens is 2. The van der Waals surface area contributed by atoms with Crippen LogP contribution in [0.25, 0.3) is 11.4 Å². The molecule has 4 heteroatoms. The van der Waals surface area contributed by atoms with Crippen LogP contribution in [0.2, 0.25) is 0 Å². The molecule has 1 heterocycles. The van der Waals surface area contributed by atoms with Crippen molar-refractivity contribution in [3.05, 3.63) is 59.9 Å². The molecule has 0 N–H and O–H groups in total. The minimum absolute atomic E-state index is 0.444. The molecule has 1 aromatic heterocycles. The summed E-state index contributed by atoms with van der Waals surface area (Å²) in [4.78, 5) is 8.85. The molecule has 2 aromatic rings. The van der Waals surface area contributed by atoms with Gasteiger partial charge in [0, 0.05) is 18.0 Å². The maximum absolute atomic E-state index is 13.5. The lowest BCUT2D eigenvalue weighted by molar-refractivity contribution is 0.171. The highest BCUT2D eigenvalue weighted by Gasteiger charge is 2.31. The van der Waals surface area contributed by atoms with E-state index in [1.165, 1.54) is 63.0 Å². The van der Waals surface area contributed by atoms with Gasteiger partial charge in [-0.15, -0.1) is 0 Å². The third-order valence-corrected chi connectivity index (χ3v) is 7.04.